The van der Waals surface area contributed by atoms with Crippen LogP contribution in [-0.4, -0.2) is 32.2 Å². The van der Waals surface area contributed by atoms with Crippen molar-refractivity contribution in [2.45, 2.75) is 6.92 Å². The van der Waals surface area contributed by atoms with Crippen molar-refractivity contribution in [3.63, 3.8) is 0 Å². The fourth-order valence-corrected chi connectivity index (χ4v) is 2.21. The summed E-state index contributed by atoms with van der Waals surface area (Å²) in [6.45, 7) is 1.47. The van der Waals surface area contributed by atoms with Crippen molar-refractivity contribution >= 4 is 34.1 Å². The smallest absolute Gasteiger partial charge is 0.223 e. The molecular formula is C14H15ClN2O3. The van der Waals surface area contributed by atoms with Gasteiger partial charge in [0.25, 0.3) is 0 Å². The number of hydrogen-bond donors (Lipinski definition) is 0. The first-order chi connectivity index (χ1) is 9.49. The van der Waals surface area contributed by atoms with Crippen LogP contribution in [0, 0.1) is 0 Å². The van der Waals surface area contributed by atoms with E-state index in [0.29, 0.717) is 33.1 Å². The highest BCUT2D eigenvalue weighted by Crippen LogP contribution is 2.38. The van der Waals surface area contributed by atoms with Crippen LogP contribution in [-0.2, 0) is 4.79 Å². The summed E-state index contributed by atoms with van der Waals surface area (Å²) < 4.78 is 10.5. The minimum absolute atomic E-state index is 0.117. The van der Waals surface area contributed by atoms with E-state index in [1.54, 1.807) is 39.6 Å². The molecule has 0 atom stereocenters. The normalized spacial score (nSPS) is 10.4. The van der Waals surface area contributed by atoms with Crippen molar-refractivity contribution in [2.24, 2.45) is 0 Å². The number of benzene rings is 1. The van der Waals surface area contributed by atoms with Crippen LogP contribution in [0.4, 0.5) is 5.69 Å². The molecule has 0 fully saturated rings. The lowest BCUT2D eigenvalue weighted by molar-refractivity contribution is -0.116. The van der Waals surface area contributed by atoms with E-state index in [4.69, 9.17) is 21.1 Å². The fourth-order valence-electron chi connectivity index (χ4n) is 1.88. The standard InChI is InChI=1S/C14H15ClN2O3/c1-8(18)17(2)11-7-16-10-6-13(20-4)12(19-3)5-9(10)14(11)15/h5-7H,1-4H3. The zero-order chi connectivity index (χ0) is 14.9. The Bertz CT molecular complexity index is 673. The van der Waals surface area contributed by atoms with Crippen molar-refractivity contribution in [3.8, 4) is 11.5 Å². The molecule has 0 spiro atoms. The number of aromatic nitrogens is 1. The molecule has 20 heavy (non-hydrogen) atoms. The number of amides is 1. The molecule has 5 nitrogen and oxygen atoms in total. The van der Waals surface area contributed by atoms with Gasteiger partial charge in [-0.3, -0.25) is 9.78 Å². The Morgan fingerprint density at radius 3 is 2.40 bits per heavy atom. The highest BCUT2D eigenvalue weighted by molar-refractivity contribution is 6.38. The Hall–Kier alpha value is -2.01. The lowest BCUT2D eigenvalue weighted by Crippen LogP contribution is -2.23. The van der Waals surface area contributed by atoms with Crippen LogP contribution in [0.3, 0.4) is 0 Å². The number of methoxy groups -OCH3 is 2. The maximum atomic E-state index is 11.5. The maximum absolute atomic E-state index is 11.5. The van der Waals surface area contributed by atoms with Crippen molar-refractivity contribution < 1.29 is 14.3 Å². The minimum Gasteiger partial charge on any atom is -0.493 e. The topological polar surface area (TPSA) is 51.7 Å². The number of nitrogens with zero attached hydrogens (tertiary/aromatic N) is 2. The van der Waals surface area contributed by atoms with Crippen molar-refractivity contribution in [2.75, 3.05) is 26.2 Å². The minimum atomic E-state index is -0.117. The molecule has 0 radical (unpaired) electrons. The van der Waals surface area contributed by atoms with Gasteiger partial charge in [-0.2, -0.15) is 0 Å². The molecular weight excluding hydrogens is 280 g/mol. The van der Waals surface area contributed by atoms with E-state index < -0.39 is 0 Å². The van der Waals surface area contributed by atoms with Crippen LogP contribution >= 0.6 is 11.6 Å². The van der Waals surface area contributed by atoms with Gasteiger partial charge in [0.15, 0.2) is 11.5 Å². The van der Waals surface area contributed by atoms with Gasteiger partial charge in [0.1, 0.15) is 0 Å². The molecule has 0 N–H and O–H groups in total. The van der Waals surface area contributed by atoms with E-state index >= 15 is 0 Å². The summed E-state index contributed by atoms with van der Waals surface area (Å²) in [7, 11) is 4.76. The highest BCUT2D eigenvalue weighted by atomic mass is 35.5. The number of hydrogen-bond acceptors (Lipinski definition) is 4. The van der Waals surface area contributed by atoms with Crippen LogP contribution in [0.5, 0.6) is 11.5 Å². The molecule has 2 aromatic rings. The molecule has 0 unspecified atom stereocenters. The first kappa shape index (κ1) is 14.4. The number of fused-ring (bicyclic) bond motifs is 1. The summed E-state index contributed by atoms with van der Waals surface area (Å²) in [5, 5.41) is 1.16. The van der Waals surface area contributed by atoms with E-state index in [1.165, 1.54) is 11.8 Å². The zero-order valence-corrected chi connectivity index (χ0v) is 12.5. The third-order valence-electron chi connectivity index (χ3n) is 3.12. The third-order valence-corrected chi connectivity index (χ3v) is 3.52. The monoisotopic (exact) mass is 294 g/mol. The van der Waals surface area contributed by atoms with Crippen molar-refractivity contribution in [1.29, 1.82) is 0 Å². The predicted octanol–water partition coefficient (Wildman–Crippen LogP) is 2.89. The molecule has 0 aliphatic rings. The Balaban J connectivity index is 2.69. The van der Waals surface area contributed by atoms with Crippen molar-refractivity contribution in [1.82, 2.24) is 4.98 Å². The number of pyridine rings is 1. The number of carbonyl (C=O) groups is 1. The van der Waals surface area contributed by atoms with Crippen LogP contribution in [0.1, 0.15) is 6.92 Å². The average Bonchev–Trinajstić information content (AvgIpc) is 2.45. The second-order valence-corrected chi connectivity index (χ2v) is 4.64. The first-order valence-electron chi connectivity index (χ1n) is 5.94. The van der Waals surface area contributed by atoms with Crippen LogP contribution in [0.2, 0.25) is 5.02 Å². The van der Waals surface area contributed by atoms with E-state index in [-0.39, 0.29) is 5.91 Å². The summed E-state index contributed by atoms with van der Waals surface area (Å²) in [6, 6.07) is 3.50. The summed E-state index contributed by atoms with van der Waals surface area (Å²) in [5.41, 5.74) is 1.23. The SMILES string of the molecule is COc1cc2ncc(N(C)C(C)=O)c(Cl)c2cc1OC. The molecule has 1 aromatic carbocycles. The lowest BCUT2D eigenvalue weighted by Gasteiger charge is -2.18. The van der Waals surface area contributed by atoms with Crippen LogP contribution in [0.25, 0.3) is 10.9 Å². The summed E-state index contributed by atoms with van der Waals surface area (Å²) in [5.74, 6) is 1.02. The molecule has 1 amide bonds. The fraction of sp³-hybridized carbons (Fsp3) is 0.286. The quantitative estimate of drug-likeness (QED) is 0.873. The molecule has 0 aliphatic heterocycles. The van der Waals surface area contributed by atoms with Gasteiger partial charge in [0.2, 0.25) is 5.91 Å². The first-order valence-corrected chi connectivity index (χ1v) is 6.32. The van der Waals surface area contributed by atoms with Crippen LogP contribution < -0.4 is 14.4 Å². The molecule has 106 valence electrons. The third kappa shape index (κ3) is 2.36. The Morgan fingerprint density at radius 1 is 1.25 bits per heavy atom. The van der Waals surface area contributed by atoms with E-state index in [1.807, 2.05) is 0 Å². The molecule has 6 heteroatoms. The predicted molar refractivity (Wildman–Crippen MR) is 78.9 cm³/mol. The lowest BCUT2D eigenvalue weighted by atomic mass is 10.1. The highest BCUT2D eigenvalue weighted by Gasteiger charge is 2.16. The summed E-state index contributed by atoms with van der Waals surface area (Å²) in [6.07, 6.45) is 1.57. The second-order valence-electron chi connectivity index (χ2n) is 4.26. The largest absolute Gasteiger partial charge is 0.493 e. The van der Waals surface area contributed by atoms with E-state index in [0.717, 1.165) is 0 Å². The van der Waals surface area contributed by atoms with Gasteiger partial charge in [-0.25, -0.2) is 0 Å². The number of halogens is 1. The van der Waals surface area contributed by atoms with Gasteiger partial charge in [-0.1, -0.05) is 11.6 Å². The van der Waals surface area contributed by atoms with Gasteiger partial charge in [0.05, 0.1) is 36.6 Å². The Kier molecular flexibility index (Phi) is 3.99. The summed E-state index contributed by atoms with van der Waals surface area (Å²) >= 11 is 6.37. The number of carbonyl (C=O) groups excluding carboxylic acids is 1. The maximum Gasteiger partial charge on any atom is 0.223 e. The van der Waals surface area contributed by atoms with Crippen molar-refractivity contribution in [3.05, 3.63) is 23.4 Å². The summed E-state index contributed by atoms with van der Waals surface area (Å²) in [4.78, 5) is 17.2. The molecule has 0 saturated heterocycles. The Morgan fingerprint density at radius 2 is 1.85 bits per heavy atom. The molecule has 0 saturated carbocycles. The van der Waals surface area contributed by atoms with Crippen LogP contribution in [0.15, 0.2) is 18.3 Å². The van der Waals surface area contributed by atoms with Gasteiger partial charge in [-0.15, -0.1) is 0 Å². The van der Waals surface area contributed by atoms with Gasteiger partial charge < -0.3 is 14.4 Å². The second kappa shape index (κ2) is 5.54. The molecule has 1 aromatic heterocycles. The number of ether oxygens (including phenoxy) is 2. The van der Waals surface area contributed by atoms with Gasteiger partial charge >= 0.3 is 0 Å². The van der Waals surface area contributed by atoms with E-state index in [9.17, 15) is 4.79 Å². The zero-order valence-electron chi connectivity index (χ0n) is 11.7. The molecule has 1 heterocycles. The molecule has 0 bridgehead atoms. The molecule has 0 aliphatic carbocycles. The number of anilines is 1. The van der Waals surface area contributed by atoms with Gasteiger partial charge in [-0.05, 0) is 6.07 Å². The van der Waals surface area contributed by atoms with E-state index in [2.05, 4.69) is 4.98 Å². The number of rotatable bonds is 3. The molecule has 2 rings (SSSR count). The average molecular weight is 295 g/mol. The Labute approximate surface area is 122 Å². The van der Waals surface area contributed by atoms with Gasteiger partial charge in [0, 0.05) is 25.4 Å².